The van der Waals surface area contributed by atoms with Crippen molar-refractivity contribution in [1.82, 2.24) is 4.90 Å². The molecule has 2 unspecified atom stereocenters. The number of piperidine rings is 1. The van der Waals surface area contributed by atoms with Gasteiger partial charge in [0.25, 0.3) is 0 Å². The zero-order chi connectivity index (χ0) is 13.8. The van der Waals surface area contributed by atoms with Crippen LogP contribution in [-0.4, -0.2) is 37.7 Å². The van der Waals surface area contributed by atoms with Crippen molar-refractivity contribution in [2.24, 2.45) is 0 Å². The number of benzene rings is 1. The van der Waals surface area contributed by atoms with Crippen LogP contribution < -0.4 is 10.1 Å². The minimum Gasteiger partial charge on any atom is -0.495 e. The fourth-order valence-corrected chi connectivity index (χ4v) is 2.57. The van der Waals surface area contributed by atoms with Gasteiger partial charge in [-0.15, -0.1) is 0 Å². The van der Waals surface area contributed by atoms with E-state index in [1.165, 1.54) is 0 Å². The van der Waals surface area contributed by atoms with Crippen molar-refractivity contribution in [2.75, 3.05) is 26.0 Å². The first-order valence-electron chi connectivity index (χ1n) is 6.69. The summed E-state index contributed by atoms with van der Waals surface area (Å²) in [4.78, 5) is 2.37. The monoisotopic (exact) mass is 259 g/mol. The van der Waals surface area contributed by atoms with E-state index in [4.69, 9.17) is 4.74 Å². The molecule has 19 heavy (non-hydrogen) atoms. The Labute approximate surface area is 115 Å². The Hall–Kier alpha value is -1.73. The molecule has 0 aliphatic carbocycles. The van der Waals surface area contributed by atoms with Crippen LogP contribution in [0, 0.1) is 11.3 Å². The molecule has 0 bridgehead atoms. The van der Waals surface area contributed by atoms with Crippen LogP contribution >= 0.6 is 0 Å². The van der Waals surface area contributed by atoms with Gasteiger partial charge in [-0.3, -0.25) is 0 Å². The van der Waals surface area contributed by atoms with E-state index in [-0.39, 0.29) is 0 Å². The highest BCUT2D eigenvalue weighted by molar-refractivity contribution is 5.66. The van der Waals surface area contributed by atoms with E-state index in [0.717, 1.165) is 30.8 Å². The van der Waals surface area contributed by atoms with Crippen molar-refractivity contribution in [1.29, 1.82) is 5.26 Å². The molecule has 0 spiro atoms. The number of likely N-dealkylation sites (tertiary alicyclic amines) is 1. The number of nitriles is 1. The average molecular weight is 259 g/mol. The highest BCUT2D eigenvalue weighted by Gasteiger charge is 2.24. The van der Waals surface area contributed by atoms with Gasteiger partial charge in [0.2, 0.25) is 0 Å². The molecule has 1 aromatic carbocycles. The van der Waals surface area contributed by atoms with Crippen LogP contribution in [0.25, 0.3) is 0 Å². The fraction of sp³-hybridized carbons (Fsp3) is 0.533. The second kappa shape index (κ2) is 5.94. The van der Waals surface area contributed by atoms with Gasteiger partial charge in [0.1, 0.15) is 11.8 Å². The molecule has 1 N–H and O–H groups in total. The Kier molecular flexibility index (Phi) is 4.28. The highest BCUT2D eigenvalue weighted by atomic mass is 16.5. The maximum atomic E-state index is 9.21. The average Bonchev–Trinajstić information content (AvgIpc) is 2.43. The molecule has 4 nitrogen and oxygen atoms in total. The molecule has 2 atom stereocenters. The van der Waals surface area contributed by atoms with Crippen LogP contribution in [0.2, 0.25) is 0 Å². The molecule has 0 radical (unpaired) electrons. The van der Waals surface area contributed by atoms with Gasteiger partial charge in [-0.05, 0) is 38.9 Å². The largest absolute Gasteiger partial charge is 0.495 e. The van der Waals surface area contributed by atoms with Gasteiger partial charge in [0.05, 0.1) is 18.4 Å². The van der Waals surface area contributed by atoms with Crippen LogP contribution in [0.15, 0.2) is 18.2 Å². The smallest absolute Gasteiger partial charge is 0.143 e. The number of rotatable bonds is 3. The zero-order valence-corrected chi connectivity index (χ0v) is 11.8. The molecule has 4 heteroatoms. The van der Waals surface area contributed by atoms with Gasteiger partial charge in [0, 0.05) is 18.6 Å². The van der Waals surface area contributed by atoms with Gasteiger partial charge < -0.3 is 15.0 Å². The van der Waals surface area contributed by atoms with Crippen LogP contribution in [0.4, 0.5) is 5.69 Å². The van der Waals surface area contributed by atoms with E-state index in [1.807, 2.05) is 18.2 Å². The minimum atomic E-state index is 0.398. The first-order valence-corrected chi connectivity index (χ1v) is 6.69. The number of hydrogen-bond acceptors (Lipinski definition) is 4. The number of para-hydroxylation sites is 1. The molecule has 102 valence electrons. The molecule has 0 saturated carbocycles. The molecule has 1 heterocycles. The predicted molar refractivity (Wildman–Crippen MR) is 76.4 cm³/mol. The van der Waals surface area contributed by atoms with Crippen LogP contribution in [-0.2, 0) is 0 Å². The summed E-state index contributed by atoms with van der Waals surface area (Å²) < 4.78 is 5.35. The Balaban J connectivity index is 2.17. The molecule has 1 saturated heterocycles. The lowest BCUT2D eigenvalue weighted by Gasteiger charge is -2.36. The fourth-order valence-electron chi connectivity index (χ4n) is 2.57. The van der Waals surface area contributed by atoms with Crippen molar-refractivity contribution in [3.8, 4) is 11.8 Å². The maximum Gasteiger partial charge on any atom is 0.143 e. The SMILES string of the molecule is COc1cccc(C#N)c1NC1CCN(C)C(C)C1. The molecule has 0 aromatic heterocycles. The summed E-state index contributed by atoms with van der Waals surface area (Å²) in [5.41, 5.74) is 1.47. The minimum absolute atomic E-state index is 0.398. The van der Waals surface area contributed by atoms with Crippen molar-refractivity contribution in [2.45, 2.75) is 31.8 Å². The van der Waals surface area contributed by atoms with Gasteiger partial charge in [-0.2, -0.15) is 5.26 Å². The van der Waals surface area contributed by atoms with E-state index in [0.29, 0.717) is 17.6 Å². The Bertz CT molecular complexity index is 481. The lowest BCUT2D eigenvalue weighted by Crippen LogP contribution is -2.42. The molecule has 1 aromatic rings. The Morgan fingerprint density at radius 1 is 1.47 bits per heavy atom. The quantitative estimate of drug-likeness (QED) is 0.906. The molecule has 1 fully saturated rings. The van der Waals surface area contributed by atoms with Gasteiger partial charge >= 0.3 is 0 Å². The van der Waals surface area contributed by atoms with E-state index in [2.05, 4.69) is 30.3 Å². The zero-order valence-electron chi connectivity index (χ0n) is 11.8. The van der Waals surface area contributed by atoms with Crippen molar-refractivity contribution in [3.05, 3.63) is 23.8 Å². The van der Waals surface area contributed by atoms with Gasteiger partial charge in [0.15, 0.2) is 0 Å². The van der Waals surface area contributed by atoms with Crippen LogP contribution in [0.1, 0.15) is 25.3 Å². The Morgan fingerprint density at radius 2 is 2.26 bits per heavy atom. The summed E-state index contributed by atoms with van der Waals surface area (Å²) in [7, 11) is 3.80. The van der Waals surface area contributed by atoms with E-state index >= 15 is 0 Å². The lowest BCUT2D eigenvalue weighted by atomic mass is 9.98. The van der Waals surface area contributed by atoms with Gasteiger partial charge in [-0.1, -0.05) is 6.07 Å². The number of nitrogens with zero attached hydrogens (tertiary/aromatic N) is 2. The number of anilines is 1. The van der Waals surface area contributed by atoms with E-state index < -0.39 is 0 Å². The summed E-state index contributed by atoms with van der Waals surface area (Å²) >= 11 is 0. The molecule has 1 aliphatic heterocycles. The number of nitrogens with one attached hydrogen (secondary N) is 1. The first-order chi connectivity index (χ1) is 9.15. The van der Waals surface area contributed by atoms with Crippen molar-refractivity contribution >= 4 is 5.69 Å². The van der Waals surface area contributed by atoms with E-state index in [9.17, 15) is 5.26 Å². The summed E-state index contributed by atoms with van der Waals surface area (Å²) in [6, 6.07) is 8.75. The summed E-state index contributed by atoms with van der Waals surface area (Å²) in [5.74, 6) is 0.741. The summed E-state index contributed by atoms with van der Waals surface area (Å²) in [6.45, 7) is 3.32. The normalized spacial score (nSPS) is 23.7. The number of ether oxygens (including phenoxy) is 1. The molecule has 0 amide bonds. The van der Waals surface area contributed by atoms with Crippen LogP contribution in [0.5, 0.6) is 5.75 Å². The third-order valence-corrected chi connectivity index (χ3v) is 3.92. The number of methoxy groups -OCH3 is 1. The highest BCUT2D eigenvalue weighted by Crippen LogP contribution is 2.30. The first kappa shape index (κ1) is 13.7. The summed E-state index contributed by atoms with van der Waals surface area (Å²) in [5, 5.41) is 12.7. The number of hydrogen-bond donors (Lipinski definition) is 1. The third kappa shape index (κ3) is 2.99. The van der Waals surface area contributed by atoms with Crippen molar-refractivity contribution < 1.29 is 4.74 Å². The van der Waals surface area contributed by atoms with Crippen molar-refractivity contribution in [3.63, 3.8) is 0 Å². The van der Waals surface area contributed by atoms with Crippen LogP contribution in [0.3, 0.4) is 0 Å². The lowest BCUT2D eigenvalue weighted by molar-refractivity contribution is 0.190. The second-order valence-corrected chi connectivity index (χ2v) is 5.19. The third-order valence-electron chi connectivity index (χ3n) is 3.92. The molecule has 2 rings (SSSR count). The molecule has 1 aliphatic rings. The Morgan fingerprint density at radius 3 is 2.89 bits per heavy atom. The maximum absolute atomic E-state index is 9.21. The predicted octanol–water partition coefficient (Wildman–Crippen LogP) is 2.46. The van der Waals surface area contributed by atoms with Gasteiger partial charge in [-0.25, -0.2) is 0 Å². The standard InChI is InChI=1S/C15H21N3O/c1-11-9-13(7-8-18(11)2)17-15-12(10-16)5-4-6-14(15)19-3/h4-6,11,13,17H,7-9H2,1-3H3. The topological polar surface area (TPSA) is 48.3 Å². The second-order valence-electron chi connectivity index (χ2n) is 5.19. The molecular formula is C15H21N3O. The summed E-state index contributed by atoms with van der Waals surface area (Å²) in [6.07, 6.45) is 2.17. The van der Waals surface area contributed by atoms with E-state index in [1.54, 1.807) is 7.11 Å². The molecular weight excluding hydrogens is 238 g/mol.